The van der Waals surface area contributed by atoms with E-state index in [1.165, 1.54) is 5.56 Å². The van der Waals surface area contributed by atoms with Crippen LogP contribution < -0.4 is 4.74 Å². The maximum atomic E-state index is 9.16. The molecule has 0 saturated carbocycles. The molecule has 0 N–H and O–H groups in total. The minimum absolute atomic E-state index is 0.402. The minimum atomic E-state index is 0.402. The molecule has 1 aliphatic heterocycles. The highest BCUT2D eigenvalue weighted by atomic mass is 16.5. The lowest BCUT2D eigenvalue weighted by molar-refractivity contribution is 0.147. The third-order valence-corrected chi connectivity index (χ3v) is 4.85. The fourth-order valence-electron chi connectivity index (χ4n) is 3.69. The zero-order valence-corrected chi connectivity index (χ0v) is 15.0. The monoisotopic (exact) mass is 340 g/mol. The molecule has 25 heavy (non-hydrogen) atoms. The Balaban J connectivity index is 1.79. The quantitative estimate of drug-likeness (QED) is 0.806. The van der Waals surface area contributed by atoms with Crippen LogP contribution in [0.3, 0.4) is 0 Å². The number of ether oxygens (including phenoxy) is 2. The van der Waals surface area contributed by atoms with Crippen LogP contribution in [0.25, 0.3) is 0 Å². The van der Waals surface area contributed by atoms with Gasteiger partial charge in [-0.15, -0.1) is 0 Å². The number of hydrogen-bond donors (Lipinski definition) is 0. The summed E-state index contributed by atoms with van der Waals surface area (Å²) in [5, 5.41) is 13.5. The molecule has 6 heteroatoms. The van der Waals surface area contributed by atoms with E-state index in [9.17, 15) is 0 Å². The molecule has 0 aliphatic carbocycles. The summed E-state index contributed by atoms with van der Waals surface area (Å²) in [5.41, 5.74) is 2.96. The number of aromatic nitrogens is 2. The van der Waals surface area contributed by atoms with Gasteiger partial charge in [-0.2, -0.15) is 10.4 Å². The normalized spacial score (nSPS) is 20.6. The zero-order valence-electron chi connectivity index (χ0n) is 15.0. The number of likely N-dealkylation sites (tertiary alicyclic amines) is 1. The molecule has 1 aromatic heterocycles. The predicted molar refractivity (Wildman–Crippen MR) is 94.3 cm³/mol. The molecule has 2 aromatic rings. The molecule has 3 rings (SSSR count). The summed E-state index contributed by atoms with van der Waals surface area (Å²) in [5.74, 6) is 1.66. The van der Waals surface area contributed by atoms with Crippen LogP contribution in [0.15, 0.2) is 30.6 Å². The summed E-state index contributed by atoms with van der Waals surface area (Å²) in [7, 11) is 5.36. The summed E-state index contributed by atoms with van der Waals surface area (Å²) in [4.78, 5) is 2.40. The van der Waals surface area contributed by atoms with Crippen molar-refractivity contribution in [2.45, 2.75) is 12.5 Å². The van der Waals surface area contributed by atoms with Gasteiger partial charge in [0.25, 0.3) is 0 Å². The lowest BCUT2D eigenvalue weighted by Gasteiger charge is -2.18. The SMILES string of the molecule is COC[C@@H]1CN(Cc2cc(C#N)ccc2OC)C[C@H]1c1cnn(C)c1. The average molecular weight is 340 g/mol. The summed E-state index contributed by atoms with van der Waals surface area (Å²) < 4.78 is 12.8. The number of nitrogens with zero attached hydrogens (tertiary/aromatic N) is 4. The van der Waals surface area contributed by atoms with Gasteiger partial charge < -0.3 is 9.47 Å². The maximum absolute atomic E-state index is 9.16. The van der Waals surface area contributed by atoms with Crippen LogP contribution >= 0.6 is 0 Å². The smallest absolute Gasteiger partial charge is 0.123 e. The number of aryl methyl sites for hydroxylation is 1. The first kappa shape index (κ1) is 17.5. The number of nitriles is 1. The van der Waals surface area contributed by atoms with Crippen molar-refractivity contribution in [3.63, 3.8) is 0 Å². The number of hydrogen-bond acceptors (Lipinski definition) is 5. The Labute approximate surface area is 148 Å². The number of benzene rings is 1. The third kappa shape index (κ3) is 3.84. The van der Waals surface area contributed by atoms with Crippen LogP contribution in [-0.2, 0) is 18.3 Å². The molecule has 0 bridgehead atoms. The Hall–Kier alpha value is -2.36. The summed E-state index contributed by atoms with van der Waals surface area (Å²) in [6.45, 7) is 3.38. The van der Waals surface area contributed by atoms with Gasteiger partial charge in [0, 0.05) is 57.4 Å². The van der Waals surface area contributed by atoms with Crippen LogP contribution in [0.2, 0.25) is 0 Å². The van der Waals surface area contributed by atoms with Crippen molar-refractivity contribution in [3.8, 4) is 11.8 Å². The van der Waals surface area contributed by atoms with E-state index in [1.807, 2.05) is 30.1 Å². The fraction of sp³-hybridized carbons (Fsp3) is 0.474. The first-order valence-electron chi connectivity index (χ1n) is 8.41. The standard InChI is InChI=1S/C19H24N4O2/c1-22-9-16(8-21-22)18-12-23(11-17(18)13-24-2)10-15-6-14(7-20)4-5-19(15)25-3/h4-6,8-9,17-18H,10-13H2,1-3H3/t17-,18-/m0/s1. The van der Waals surface area contributed by atoms with E-state index in [2.05, 4.69) is 22.3 Å². The molecule has 132 valence electrons. The van der Waals surface area contributed by atoms with E-state index in [0.717, 1.165) is 37.6 Å². The highest BCUT2D eigenvalue weighted by Crippen LogP contribution is 2.34. The number of rotatable bonds is 6. The van der Waals surface area contributed by atoms with Crippen molar-refractivity contribution in [2.75, 3.05) is 33.9 Å². The third-order valence-electron chi connectivity index (χ3n) is 4.85. The molecule has 0 spiro atoms. The van der Waals surface area contributed by atoms with Crippen molar-refractivity contribution in [1.82, 2.24) is 14.7 Å². The highest BCUT2D eigenvalue weighted by molar-refractivity contribution is 5.42. The van der Waals surface area contributed by atoms with Crippen LogP contribution in [0.5, 0.6) is 5.75 Å². The second-order valence-electron chi connectivity index (χ2n) is 6.60. The van der Waals surface area contributed by atoms with Crippen molar-refractivity contribution in [2.24, 2.45) is 13.0 Å². The number of methoxy groups -OCH3 is 2. The van der Waals surface area contributed by atoms with E-state index in [-0.39, 0.29) is 0 Å². The van der Waals surface area contributed by atoms with E-state index in [1.54, 1.807) is 20.3 Å². The Bertz CT molecular complexity index is 765. The Morgan fingerprint density at radius 3 is 2.80 bits per heavy atom. The molecular weight excluding hydrogens is 316 g/mol. The fourth-order valence-corrected chi connectivity index (χ4v) is 3.69. The van der Waals surface area contributed by atoms with Crippen LogP contribution in [0, 0.1) is 17.2 Å². The van der Waals surface area contributed by atoms with Gasteiger partial charge in [0.1, 0.15) is 5.75 Å². The Kier molecular flexibility index (Phi) is 5.37. The van der Waals surface area contributed by atoms with Crippen molar-refractivity contribution in [3.05, 3.63) is 47.3 Å². The molecule has 2 heterocycles. The molecular formula is C19H24N4O2. The average Bonchev–Trinajstić information content (AvgIpc) is 3.21. The van der Waals surface area contributed by atoms with Gasteiger partial charge >= 0.3 is 0 Å². The molecule has 1 aliphatic rings. The highest BCUT2D eigenvalue weighted by Gasteiger charge is 2.34. The molecule has 1 fully saturated rings. The first-order chi connectivity index (χ1) is 12.1. The van der Waals surface area contributed by atoms with E-state index in [0.29, 0.717) is 17.4 Å². The lowest BCUT2D eigenvalue weighted by atomic mass is 9.92. The largest absolute Gasteiger partial charge is 0.496 e. The van der Waals surface area contributed by atoms with Crippen LogP contribution in [-0.4, -0.2) is 48.6 Å². The molecule has 0 unspecified atom stereocenters. The van der Waals surface area contributed by atoms with E-state index in [4.69, 9.17) is 14.7 Å². The van der Waals surface area contributed by atoms with Crippen LogP contribution in [0.4, 0.5) is 0 Å². The van der Waals surface area contributed by atoms with Gasteiger partial charge in [-0.3, -0.25) is 9.58 Å². The maximum Gasteiger partial charge on any atom is 0.123 e. The molecule has 6 nitrogen and oxygen atoms in total. The molecule has 0 amide bonds. The lowest BCUT2D eigenvalue weighted by Crippen LogP contribution is -2.21. The van der Waals surface area contributed by atoms with E-state index >= 15 is 0 Å². The van der Waals surface area contributed by atoms with Crippen molar-refractivity contribution in [1.29, 1.82) is 5.26 Å². The molecule has 2 atom stereocenters. The summed E-state index contributed by atoms with van der Waals surface area (Å²) in [6, 6.07) is 7.78. The first-order valence-corrected chi connectivity index (χ1v) is 8.41. The van der Waals surface area contributed by atoms with Gasteiger partial charge in [-0.05, 0) is 23.8 Å². The Morgan fingerprint density at radius 2 is 2.16 bits per heavy atom. The van der Waals surface area contributed by atoms with Gasteiger partial charge in [-0.25, -0.2) is 0 Å². The van der Waals surface area contributed by atoms with Crippen molar-refractivity contribution >= 4 is 0 Å². The predicted octanol–water partition coefficient (Wildman–Crippen LogP) is 2.16. The minimum Gasteiger partial charge on any atom is -0.496 e. The Morgan fingerprint density at radius 1 is 1.32 bits per heavy atom. The second kappa shape index (κ2) is 7.68. The van der Waals surface area contributed by atoms with E-state index < -0.39 is 0 Å². The molecule has 1 saturated heterocycles. The second-order valence-corrected chi connectivity index (χ2v) is 6.60. The van der Waals surface area contributed by atoms with Gasteiger partial charge in [0.2, 0.25) is 0 Å². The topological polar surface area (TPSA) is 63.3 Å². The summed E-state index contributed by atoms with van der Waals surface area (Å²) in [6.07, 6.45) is 4.04. The van der Waals surface area contributed by atoms with Gasteiger partial charge in [0.05, 0.1) is 31.5 Å². The van der Waals surface area contributed by atoms with Crippen LogP contribution in [0.1, 0.15) is 22.6 Å². The van der Waals surface area contributed by atoms with Gasteiger partial charge in [0.15, 0.2) is 0 Å². The summed E-state index contributed by atoms with van der Waals surface area (Å²) >= 11 is 0. The van der Waals surface area contributed by atoms with Gasteiger partial charge in [-0.1, -0.05) is 0 Å². The zero-order chi connectivity index (χ0) is 17.8. The van der Waals surface area contributed by atoms with Crippen molar-refractivity contribution < 1.29 is 9.47 Å². The molecule has 1 aromatic carbocycles. The molecule has 0 radical (unpaired) electrons.